The summed E-state index contributed by atoms with van der Waals surface area (Å²) in [5, 5.41) is 11.8. The normalized spacial score (nSPS) is 20.4. The van der Waals surface area contributed by atoms with Crippen LogP contribution in [-0.4, -0.2) is 21.5 Å². The quantitative estimate of drug-likeness (QED) is 0.855. The smallest absolute Gasteiger partial charge is 0.0815 e. The summed E-state index contributed by atoms with van der Waals surface area (Å²) in [6.45, 7) is 1.09. The van der Waals surface area contributed by atoms with Crippen molar-refractivity contribution in [1.29, 1.82) is 0 Å². The summed E-state index contributed by atoms with van der Waals surface area (Å²) in [4.78, 5) is 0. The van der Waals surface area contributed by atoms with Gasteiger partial charge in [0.2, 0.25) is 0 Å². The largest absolute Gasteiger partial charge is 0.309 e. The molecular formula is C13H16N4. The SMILES string of the molecule is c1ccc(-n2nncc2C2CCCCN2)cc1. The van der Waals surface area contributed by atoms with Crippen LogP contribution in [0.2, 0.25) is 0 Å². The van der Waals surface area contributed by atoms with Crippen molar-refractivity contribution in [2.24, 2.45) is 0 Å². The molecule has 4 nitrogen and oxygen atoms in total. The van der Waals surface area contributed by atoms with E-state index in [1.54, 1.807) is 0 Å². The second-order valence-electron chi connectivity index (χ2n) is 4.41. The van der Waals surface area contributed by atoms with E-state index in [1.165, 1.54) is 19.3 Å². The third kappa shape index (κ3) is 2.08. The molecule has 1 aliphatic rings. The van der Waals surface area contributed by atoms with Crippen molar-refractivity contribution in [3.63, 3.8) is 0 Å². The standard InChI is InChI=1S/C13H16N4/c1-2-6-11(7-3-1)17-13(10-15-16-17)12-8-4-5-9-14-12/h1-3,6-7,10,12,14H,4-5,8-9H2. The highest BCUT2D eigenvalue weighted by molar-refractivity contribution is 5.32. The maximum Gasteiger partial charge on any atom is 0.0815 e. The average molecular weight is 228 g/mol. The van der Waals surface area contributed by atoms with Crippen LogP contribution < -0.4 is 5.32 Å². The van der Waals surface area contributed by atoms with Crippen LogP contribution in [0.1, 0.15) is 31.0 Å². The lowest BCUT2D eigenvalue weighted by molar-refractivity contribution is 0.399. The van der Waals surface area contributed by atoms with Crippen LogP contribution in [0.25, 0.3) is 5.69 Å². The lowest BCUT2D eigenvalue weighted by atomic mass is 10.0. The number of nitrogens with one attached hydrogen (secondary N) is 1. The Morgan fingerprint density at radius 1 is 1.18 bits per heavy atom. The fourth-order valence-electron chi connectivity index (χ4n) is 2.35. The Hall–Kier alpha value is -1.68. The molecule has 0 aliphatic carbocycles. The van der Waals surface area contributed by atoms with Crippen molar-refractivity contribution in [2.75, 3.05) is 6.54 Å². The van der Waals surface area contributed by atoms with Crippen LogP contribution in [0.5, 0.6) is 0 Å². The molecule has 1 aromatic heterocycles. The number of hydrogen-bond donors (Lipinski definition) is 1. The van der Waals surface area contributed by atoms with Gasteiger partial charge in [0, 0.05) is 0 Å². The molecule has 0 bridgehead atoms. The predicted octanol–water partition coefficient (Wildman–Crippen LogP) is 2.08. The van der Waals surface area contributed by atoms with Gasteiger partial charge in [-0.05, 0) is 31.5 Å². The van der Waals surface area contributed by atoms with E-state index in [0.29, 0.717) is 6.04 Å². The van der Waals surface area contributed by atoms with E-state index in [2.05, 4.69) is 27.8 Å². The number of hydrogen-bond acceptors (Lipinski definition) is 3. The number of aromatic nitrogens is 3. The molecule has 1 saturated heterocycles. The summed E-state index contributed by atoms with van der Waals surface area (Å²) in [5.41, 5.74) is 2.24. The topological polar surface area (TPSA) is 42.7 Å². The van der Waals surface area contributed by atoms with Crippen LogP contribution in [0, 0.1) is 0 Å². The minimum Gasteiger partial charge on any atom is -0.309 e. The first kappa shape index (κ1) is 10.5. The first-order chi connectivity index (χ1) is 8.45. The highest BCUT2D eigenvalue weighted by Crippen LogP contribution is 2.23. The molecule has 0 saturated carbocycles. The van der Waals surface area contributed by atoms with Crippen molar-refractivity contribution in [3.05, 3.63) is 42.2 Å². The second-order valence-corrected chi connectivity index (χ2v) is 4.41. The molecule has 2 heterocycles. The lowest BCUT2D eigenvalue weighted by Gasteiger charge is -2.23. The summed E-state index contributed by atoms with van der Waals surface area (Å²) in [6, 6.07) is 10.6. The third-order valence-corrected chi connectivity index (χ3v) is 3.24. The zero-order valence-electron chi connectivity index (χ0n) is 9.71. The van der Waals surface area contributed by atoms with E-state index < -0.39 is 0 Å². The zero-order valence-corrected chi connectivity index (χ0v) is 9.71. The Labute approximate surface area is 101 Å². The summed E-state index contributed by atoms with van der Waals surface area (Å²) < 4.78 is 1.93. The monoisotopic (exact) mass is 228 g/mol. The van der Waals surface area contributed by atoms with E-state index in [4.69, 9.17) is 0 Å². The van der Waals surface area contributed by atoms with Gasteiger partial charge in [0.25, 0.3) is 0 Å². The highest BCUT2D eigenvalue weighted by Gasteiger charge is 2.19. The summed E-state index contributed by atoms with van der Waals surface area (Å²) in [5.74, 6) is 0. The molecular weight excluding hydrogens is 212 g/mol. The number of para-hydroxylation sites is 1. The number of benzene rings is 1. The molecule has 0 radical (unpaired) electrons. The van der Waals surface area contributed by atoms with E-state index in [-0.39, 0.29) is 0 Å². The molecule has 4 heteroatoms. The van der Waals surface area contributed by atoms with E-state index in [1.807, 2.05) is 29.1 Å². The second kappa shape index (κ2) is 4.67. The Balaban J connectivity index is 1.93. The maximum absolute atomic E-state index is 4.19. The summed E-state index contributed by atoms with van der Waals surface area (Å²) in [7, 11) is 0. The predicted molar refractivity (Wildman–Crippen MR) is 66.0 cm³/mol. The number of nitrogens with zero attached hydrogens (tertiary/aromatic N) is 3. The molecule has 3 rings (SSSR count). The van der Waals surface area contributed by atoms with Gasteiger partial charge in [0.05, 0.1) is 23.6 Å². The minimum absolute atomic E-state index is 0.388. The van der Waals surface area contributed by atoms with E-state index in [9.17, 15) is 0 Å². The lowest BCUT2D eigenvalue weighted by Crippen LogP contribution is -2.28. The van der Waals surface area contributed by atoms with Crippen LogP contribution >= 0.6 is 0 Å². The van der Waals surface area contributed by atoms with Gasteiger partial charge in [-0.2, -0.15) is 0 Å². The highest BCUT2D eigenvalue weighted by atomic mass is 15.4. The minimum atomic E-state index is 0.388. The molecule has 1 unspecified atom stereocenters. The third-order valence-electron chi connectivity index (χ3n) is 3.24. The Kier molecular flexibility index (Phi) is 2.88. The molecule has 2 aromatic rings. The molecule has 0 spiro atoms. The molecule has 88 valence electrons. The van der Waals surface area contributed by atoms with Crippen molar-refractivity contribution in [1.82, 2.24) is 20.3 Å². The Bertz CT molecular complexity index is 471. The Morgan fingerprint density at radius 3 is 2.82 bits per heavy atom. The molecule has 1 N–H and O–H groups in total. The van der Waals surface area contributed by atoms with Gasteiger partial charge in [-0.15, -0.1) is 5.10 Å². The van der Waals surface area contributed by atoms with Crippen molar-refractivity contribution >= 4 is 0 Å². The average Bonchev–Trinajstić information content (AvgIpc) is 2.90. The molecule has 1 aliphatic heterocycles. The van der Waals surface area contributed by atoms with Gasteiger partial charge >= 0.3 is 0 Å². The zero-order chi connectivity index (χ0) is 11.5. The molecule has 17 heavy (non-hydrogen) atoms. The Morgan fingerprint density at radius 2 is 2.06 bits per heavy atom. The van der Waals surface area contributed by atoms with Crippen LogP contribution in [0.15, 0.2) is 36.5 Å². The summed E-state index contributed by atoms with van der Waals surface area (Å²) >= 11 is 0. The van der Waals surface area contributed by atoms with Gasteiger partial charge in [0.1, 0.15) is 0 Å². The maximum atomic E-state index is 4.19. The molecule has 1 atom stereocenters. The van der Waals surface area contributed by atoms with Gasteiger partial charge < -0.3 is 5.32 Å². The molecule has 1 aromatic carbocycles. The van der Waals surface area contributed by atoms with Gasteiger partial charge in [0.15, 0.2) is 0 Å². The van der Waals surface area contributed by atoms with Crippen molar-refractivity contribution in [2.45, 2.75) is 25.3 Å². The number of rotatable bonds is 2. The van der Waals surface area contributed by atoms with Gasteiger partial charge in [-0.1, -0.05) is 29.8 Å². The van der Waals surface area contributed by atoms with Gasteiger partial charge in [-0.3, -0.25) is 0 Å². The fourth-order valence-corrected chi connectivity index (χ4v) is 2.35. The molecule has 1 fully saturated rings. The van der Waals surface area contributed by atoms with Crippen molar-refractivity contribution in [3.8, 4) is 5.69 Å². The van der Waals surface area contributed by atoms with E-state index in [0.717, 1.165) is 17.9 Å². The first-order valence-electron chi connectivity index (χ1n) is 6.14. The van der Waals surface area contributed by atoms with Crippen LogP contribution in [0.3, 0.4) is 0 Å². The van der Waals surface area contributed by atoms with Crippen LogP contribution in [0.4, 0.5) is 0 Å². The van der Waals surface area contributed by atoms with Gasteiger partial charge in [-0.25, -0.2) is 4.68 Å². The van der Waals surface area contributed by atoms with Crippen molar-refractivity contribution < 1.29 is 0 Å². The van der Waals surface area contributed by atoms with E-state index >= 15 is 0 Å². The molecule has 0 amide bonds. The van der Waals surface area contributed by atoms with Crippen LogP contribution in [-0.2, 0) is 0 Å². The fraction of sp³-hybridized carbons (Fsp3) is 0.385. The first-order valence-corrected chi connectivity index (χ1v) is 6.14. The number of piperidine rings is 1. The summed E-state index contributed by atoms with van der Waals surface area (Å²) in [6.07, 6.45) is 5.58.